The molecule has 0 bridgehead atoms. The van der Waals surface area contributed by atoms with Crippen molar-refractivity contribution in [3.63, 3.8) is 0 Å². The number of para-hydroxylation sites is 1. The SMILES string of the molecule is COC(=O)c1c(NC(=O)c2c(C)c(-c3ccc(Cl)cc3Cl)nc3ccccc23)sc2c1CCC2. The molecule has 0 radical (unpaired) electrons. The number of anilines is 1. The monoisotopic (exact) mass is 510 g/mol. The van der Waals surface area contributed by atoms with Gasteiger partial charge < -0.3 is 10.1 Å². The summed E-state index contributed by atoms with van der Waals surface area (Å²) in [5, 5.41) is 5.21. The average Bonchev–Trinajstić information content (AvgIpc) is 3.39. The average molecular weight is 511 g/mol. The summed E-state index contributed by atoms with van der Waals surface area (Å²) in [5.41, 5.74) is 4.57. The zero-order valence-corrected chi connectivity index (χ0v) is 20.8. The molecule has 4 aromatic rings. The Labute approximate surface area is 210 Å². The number of pyridine rings is 1. The Bertz CT molecular complexity index is 1480. The molecule has 172 valence electrons. The first-order valence-corrected chi connectivity index (χ1v) is 12.3. The number of methoxy groups -OCH3 is 1. The standard InChI is InChI=1S/C26H20Cl2N2O3S/c1-13-21(24(31)30-25-22(26(32)33-2)17-7-5-9-20(17)34-25)16-6-3-4-8-19(16)29-23(13)15-11-10-14(27)12-18(15)28/h3-4,6,8,10-12H,5,7,9H2,1-2H3,(H,30,31). The molecule has 0 saturated heterocycles. The van der Waals surface area contributed by atoms with Crippen LogP contribution >= 0.6 is 34.5 Å². The number of fused-ring (bicyclic) bond motifs is 2. The second kappa shape index (κ2) is 9.02. The molecule has 2 aromatic heterocycles. The summed E-state index contributed by atoms with van der Waals surface area (Å²) in [6, 6.07) is 12.7. The molecule has 2 aromatic carbocycles. The number of hydrogen-bond donors (Lipinski definition) is 1. The highest BCUT2D eigenvalue weighted by atomic mass is 35.5. The van der Waals surface area contributed by atoms with Crippen molar-refractivity contribution >= 4 is 62.3 Å². The van der Waals surface area contributed by atoms with Gasteiger partial charge in [-0.3, -0.25) is 4.79 Å². The lowest BCUT2D eigenvalue weighted by molar-refractivity contribution is 0.0601. The normalized spacial score (nSPS) is 12.6. The molecule has 1 N–H and O–H groups in total. The van der Waals surface area contributed by atoms with Gasteiger partial charge in [-0.1, -0.05) is 41.4 Å². The summed E-state index contributed by atoms with van der Waals surface area (Å²) in [5.74, 6) is -0.743. The van der Waals surface area contributed by atoms with Gasteiger partial charge in [0.1, 0.15) is 5.00 Å². The summed E-state index contributed by atoms with van der Waals surface area (Å²) in [7, 11) is 1.36. The number of hydrogen-bond acceptors (Lipinski definition) is 5. The predicted octanol–water partition coefficient (Wildman–Crippen LogP) is 7.11. The zero-order valence-electron chi connectivity index (χ0n) is 18.5. The lowest BCUT2D eigenvalue weighted by atomic mass is 9.97. The number of amides is 1. The first-order chi connectivity index (χ1) is 16.4. The number of thiophene rings is 1. The van der Waals surface area contributed by atoms with E-state index in [2.05, 4.69) is 5.32 Å². The molecule has 0 fully saturated rings. The van der Waals surface area contributed by atoms with Crippen LogP contribution in [0.15, 0.2) is 42.5 Å². The van der Waals surface area contributed by atoms with Gasteiger partial charge in [-0.05, 0) is 61.6 Å². The van der Waals surface area contributed by atoms with Crippen LogP contribution in [0.4, 0.5) is 5.00 Å². The highest BCUT2D eigenvalue weighted by Crippen LogP contribution is 2.40. The predicted molar refractivity (Wildman–Crippen MR) is 138 cm³/mol. The Morgan fingerprint density at radius 2 is 1.88 bits per heavy atom. The van der Waals surface area contributed by atoms with Gasteiger partial charge in [-0.15, -0.1) is 11.3 Å². The zero-order chi connectivity index (χ0) is 24.0. The Morgan fingerprint density at radius 1 is 1.09 bits per heavy atom. The van der Waals surface area contributed by atoms with Gasteiger partial charge in [0.25, 0.3) is 5.91 Å². The molecule has 34 heavy (non-hydrogen) atoms. The number of carbonyl (C=O) groups is 2. The van der Waals surface area contributed by atoms with Gasteiger partial charge in [0.2, 0.25) is 0 Å². The third kappa shape index (κ3) is 3.86. The number of rotatable bonds is 4. The van der Waals surface area contributed by atoms with Crippen molar-refractivity contribution in [2.45, 2.75) is 26.2 Å². The summed E-state index contributed by atoms with van der Waals surface area (Å²) < 4.78 is 5.02. The lowest BCUT2D eigenvalue weighted by Crippen LogP contribution is -2.17. The minimum Gasteiger partial charge on any atom is -0.465 e. The Balaban J connectivity index is 1.65. The van der Waals surface area contributed by atoms with E-state index < -0.39 is 5.97 Å². The molecule has 0 unspecified atom stereocenters. The third-order valence-corrected chi connectivity index (χ3v) is 7.84. The van der Waals surface area contributed by atoms with Gasteiger partial charge in [-0.2, -0.15) is 0 Å². The fourth-order valence-electron chi connectivity index (χ4n) is 4.52. The quantitative estimate of drug-likeness (QED) is 0.297. The van der Waals surface area contributed by atoms with Crippen molar-refractivity contribution < 1.29 is 14.3 Å². The molecule has 2 heterocycles. The first kappa shape index (κ1) is 22.8. The van der Waals surface area contributed by atoms with E-state index in [1.807, 2.05) is 31.2 Å². The number of aromatic nitrogens is 1. The van der Waals surface area contributed by atoms with Crippen molar-refractivity contribution in [3.8, 4) is 11.3 Å². The number of ether oxygens (including phenoxy) is 1. The van der Waals surface area contributed by atoms with Crippen LogP contribution in [0.3, 0.4) is 0 Å². The maximum atomic E-state index is 13.7. The second-order valence-electron chi connectivity index (χ2n) is 8.11. The van der Waals surface area contributed by atoms with E-state index >= 15 is 0 Å². The van der Waals surface area contributed by atoms with Crippen LogP contribution in [0.5, 0.6) is 0 Å². The molecule has 0 atom stereocenters. The van der Waals surface area contributed by atoms with E-state index in [0.717, 1.165) is 35.1 Å². The lowest BCUT2D eigenvalue weighted by Gasteiger charge is -2.16. The maximum Gasteiger partial charge on any atom is 0.341 e. The van der Waals surface area contributed by atoms with Crippen molar-refractivity contribution in [1.29, 1.82) is 0 Å². The minimum absolute atomic E-state index is 0.312. The van der Waals surface area contributed by atoms with Gasteiger partial charge >= 0.3 is 5.97 Å². The van der Waals surface area contributed by atoms with E-state index in [1.54, 1.807) is 18.2 Å². The molecule has 1 aliphatic rings. The fourth-order valence-corrected chi connectivity index (χ4v) is 6.29. The van der Waals surface area contributed by atoms with Crippen molar-refractivity contribution in [3.05, 3.63) is 79.6 Å². The molecule has 5 nitrogen and oxygen atoms in total. The number of halogens is 2. The largest absolute Gasteiger partial charge is 0.465 e. The number of esters is 1. The van der Waals surface area contributed by atoms with E-state index in [1.165, 1.54) is 18.4 Å². The second-order valence-corrected chi connectivity index (χ2v) is 10.1. The van der Waals surface area contributed by atoms with Crippen molar-refractivity contribution in [2.24, 2.45) is 0 Å². The molecule has 1 aliphatic carbocycles. The fraction of sp³-hybridized carbons (Fsp3) is 0.192. The molecule has 0 spiro atoms. The number of nitrogens with one attached hydrogen (secondary N) is 1. The van der Waals surface area contributed by atoms with Crippen molar-refractivity contribution in [2.75, 3.05) is 12.4 Å². The third-order valence-electron chi connectivity index (χ3n) is 6.09. The van der Waals surface area contributed by atoms with Crippen LogP contribution in [0, 0.1) is 6.92 Å². The van der Waals surface area contributed by atoms with Crippen LogP contribution in [0.1, 0.15) is 43.1 Å². The highest BCUT2D eigenvalue weighted by molar-refractivity contribution is 7.17. The van der Waals surface area contributed by atoms with Crippen LogP contribution in [-0.4, -0.2) is 24.0 Å². The molecular weight excluding hydrogens is 491 g/mol. The smallest absolute Gasteiger partial charge is 0.341 e. The topological polar surface area (TPSA) is 68.3 Å². The van der Waals surface area contributed by atoms with Crippen LogP contribution in [-0.2, 0) is 17.6 Å². The first-order valence-electron chi connectivity index (χ1n) is 10.8. The van der Waals surface area contributed by atoms with E-state index in [4.69, 9.17) is 32.9 Å². The van der Waals surface area contributed by atoms with Crippen LogP contribution in [0.25, 0.3) is 22.2 Å². The van der Waals surface area contributed by atoms with Gasteiger partial charge in [0.15, 0.2) is 0 Å². The molecule has 0 aliphatic heterocycles. The van der Waals surface area contributed by atoms with E-state index in [0.29, 0.717) is 48.5 Å². The van der Waals surface area contributed by atoms with E-state index in [9.17, 15) is 9.59 Å². The summed E-state index contributed by atoms with van der Waals surface area (Å²) >= 11 is 14.0. The number of carbonyl (C=O) groups excluding carboxylic acids is 2. The van der Waals surface area contributed by atoms with Gasteiger partial charge in [-0.25, -0.2) is 9.78 Å². The molecule has 5 rings (SSSR count). The van der Waals surface area contributed by atoms with Gasteiger partial charge in [0.05, 0.1) is 34.5 Å². The highest BCUT2D eigenvalue weighted by Gasteiger charge is 2.29. The molecule has 0 saturated carbocycles. The Morgan fingerprint density at radius 3 is 2.65 bits per heavy atom. The minimum atomic E-state index is -0.431. The van der Waals surface area contributed by atoms with E-state index in [-0.39, 0.29) is 5.91 Å². The Hall–Kier alpha value is -2.93. The molecule has 8 heteroatoms. The molecule has 1 amide bonds. The summed E-state index contributed by atoms with van der Waals surface area (Å²) in [6.07, 6.45) is 2.71. The van der Waals surface area contributed by atoms with Crippen LogP contribution in [0.2, 0.25) is 10.0 Å². The van der Waals surface area contributed by atoms with Crippen molar-refractivity contribution in [1.82, 2.24) is 4.98 Å². The van der Waals surface area contributed by atoms with Crippen LogP contribution < -0.4 is 5.32 Å². The number of aryl methyl sites for hydroxylation is 1. The molecular formula is C26H20Cl2N2O3S. The number of benzene rings is 2. The summed E-state index contributed by atoms with van der Waals surface area (Å²) in [6.45, 7) is 1.85. The Kier molecular flexibility index (Phi) is 6.06. The van der Waals surface area contributed by atoms with Gasteiger partial charge in [0, 0.05) is 20.8 Å². The number of nitrogens with zero attached hydrogens (tertiary/aromatic N) is 1. The summed E-state index contributed by atoms with van der Waals surface area (Å²) in [4.78, 5) is 32.2. The maximum absolute atomic E-state index is 13.7.